The highest BCUT2D eigenvalue weighted by Crippen LogP contribution is 2.13. The second-order valence-electron chi connectivity index (χ2n) is 2.65. The number of ether oxygens (including phenoxy) is 1. The van der Waals surface area contributed by atoms with Crippen LogP contribution in [0.2, 0.25) is 0 Å². The van der Waals surface area contributed by atoms with Gasteiger partial charge < -0.3 is 10.5 Å². The summed E-state index contributed by atoms with van der Waals surface area (Å²) in [6, 6.07) is 5.79. The third-order valence-electron chi connectivity index (χ3n) is 1.58. The molecule has 0 heterocycles. The molecule has 0 aliphatic carbocycles. The highest BCUT2D eigenvalue weighted by atomic mass is 16.5. The summed E-state index contributed by atoms with van der Waals surface area (Å²) in [6.45, 7) is 4.27. The monoisotopic (exact) mass is 163 g/mol. The maximum absolute atomic E-state index is 5.66. The number of benzene rings is 1. The normalized spacial score (nSPS) is 9.75. The zero-order valence-corrected chi connectivity index (χ0v) is 7.21. The molecule has 12 heavy (non-hydrogen) atoms. The summed E-state index contributed by atoms with van der Waals surface area (Å²) in [7, 11) is 1.66. The van der Waals surface area contributed by atoms with Gasteiger partial charge in [-0.25, -0.2) is 0 Å². The Morgan fingerprint density at radius 1 is 1.50 bits per heavy atom. The summed E-state index contributed by atoms with van der Waals surface area (Å²) in [6.07, 6.45) is 1.77. The van der Waals surface area contributed by atoms with E-state index < -0.39 is 0 Å². The van der Waals surface area contributed by atoms with E-state index in [1.165, 1.54) is 0 Å². The van der Waals surface area contributed by atoms with Crippen molar-refractivity contribution in [3.05, 3.63) is 35.9 Å². The maximum Gasteiger partial charge on any atom is 0.0714 e. The summed E-state index contributed by atoms with van der Waals surface area (Å²) in [4.78, 5) is 0. The van der Waals surface area contributed by atoms with Crippen molar-refractivity contribution in [3.63, 3.8) is 0 Å². The fourth-order valence-corrected chi connectivity index (χ4v) is 1.11. The number of hydrogen-bond acceptors (Lipinski definition) is 2. The molecule has 0 aliphatic rings. The summed E-state index contributed by atoms with van der Waals surface area (Å²) >= 11 is 0. The van der Waals surface area contributed by atoms with Gasteiger partial charge >= 0.3 is 0 Å². The standard InChI is InChI=1S/C10H13NO/c1-3-8-4-9(7-12-2)6-10(11)5-8/h3-6H,1,7,11H2,2H3. The van der Waals surface area contributed by atoms with Gasteiger partial charge in [0.2, 0.25) is 0 Å². The maximum atomic E-state index is 5.66. The third-order valence-corrected chi connectivity index (χ3v) is 1.58. The van der Waals surface area contributed by atoms with Crippen LogP contribution in [-0.2, 0) is 11.3 Å². The van der Waals surface area contributed by atoms with Gasteiger partial charge in [0.1, 0.15) is 0 Å². The molecule has 0 aromatic heterocycles. The van der Waals surface area contributed by atoms with Crippen molar-refractivity contribution in [2.24, 2.45) is 0 Å². The number of nitrogens with two attached hydrogens (primary N) is 1. The van der Waals surface area contributed by atoms with Crippen LogP contribution < -0.4 is 5.73 Å². The second kappa shape index (κ2) is 3.93. The van der Waals surface area contributed by atoms with Crippen LogP contribution in [0.3, 0.4) is 0 Å². The Kier molecular flexibility index (Phi) is 2.88. The van der Waals surface area contributed by atoms with E-state index in [1.807, 2.05) is 18.2 Å². The molecule has 0 spiro atoms. The van der Waals surface area contributed by atoms with Crippen molar-refractivity contribution < 1.29 is 4.74 Å². The minimum absolute atomic E-state index is 0.589. The molecule has 0 amide bonds. The first-order chi connectivity index (χ1) is 5.76. The van der Waals surface area contributed by atoms with E-state index in [0.29, 0.717) is 6.61 Å². The summed E-state index contributed by atoms with van der Waals surface area (Å²) < 4.78 is 4.99. The third kappa shape index (κ3) is 2.10. The zero-order chi connectivity index (χ0) is 8.97. The van der Waals surface area contributed by atoms with E-state index in [0.717, 1.165) is 16.8 Å². The molecular formula is C10H13NO. The molecule has 0 aliphatic heterocycles. The first-order valence-electron chi connectivity index (χ1n) is 3.77. The van der Waals surface area contributed by atoms with E-state index >= 15 is 0 Å². The van der Waals surface area contributed by atoms with Crippen LogP contribution in [0.5, 0.6) is 0 Å². The Hall–Kier alpha value is -1.28. The lowest BCUT2D eigenvalue weighted by molar-refractivity contribution is 0.185. The highest BCUT2D eigenvalue weighted by molar-refractivity contribution is 5.56. The lowest BCUT2D eigenvalue weighted by Crippen LogP contribution is -1.92. The number of anilines is 1. The number of hydrogen-bond donors (Lipinski definition) is 1. The average molecular weight is 163 g/mol. The molecule has 2 N–H and O–H groups in total. The van der Waals surface area contributed by atoms with Crippen LogP contribution in [0, 0.1) is 0 Å². The van der Waals surface area contributed by atoms with E-state index in [-0.39, 0.29) is 0 Å². The predicted molar refractivity (Wildman–Crippen MR) is 51.7 cm³/mol. The Balaban J connectivity index is 2.97. The van der Waals surface area contributed by atoms with Crippen LogP contribution >= 0.6 is 0 Å². The van der Waals surface area contributed by atoms with Gasteiger partial charge in [-0.15, -0.1) is 0 Å². The minimum atomic E-state index is 0.589. The van der Waals surface area contributed by atoms with Crippen molar-refractivity contribution in [2.75, 3.05) is 12.8 Å². The van der Waals surface area contributed by atoms with Gasteiger partial charge in [0.25, 0.3) is 0 Å². The molecule has 0 atom stereocenters. The van der Waals surface area contributed by atoms with Crippen LogP contribution in [0.15, 0.2) is 24.8 Å². The molecule has 0 saturated carbocycles. The molecule has 64 valence electrons. The van der Waals surface area contributed by atoms with E-state index in [9.17, 15) is 0 Å². The van der Waals surface area contributed by atoms with Crippen LogP contribution in [0.4, 0.5) is 5.69 Å². The molecule has 1 aromatic rings. The number of nitrogen functional groups attached to an aromatic ring is 1. The topological polar surface area (TPSA) is 35.2 Å². The van der Waals surface area contributed by atoms with Crippen LogP contribution in [0.25, 0.3) is 6.08 Å². The minimum Gasteiger partial charge on any atom is -0.399 e. The summed E-state index contributed by atoms with van der Waals surface area (Å²) in [5.74, 6) is 0. The average Bonchev–Trinajstić information content (AvgIpc) is 2.04. The molecule has 1 rings (SSSR count). The predicted octanol–water partition coefficient (Wildman–Crippen LogP) is 2.06. The van der Waals surface area contributed by atoms with Gasteiger partial charge in [-0.2, -0.15) is 0 Å². The van der Waals surface area contributed by atoms with Crippen molar-refractivity contribution in [3.8, 4) is 0 Å². The molecule has 2 heteroatoms. The SMILES string of the molecule is C=Cc1cc(N)cc(COC)c1. The van der Waals surface area contributed by atoms with Crippen LogP contribution in [-0.4, -0.2) is 7.11 Å². The second-order valence-corrected chi connectivity index (χ2v) is 2.65. The zero-order valence-electron chi connectivity index (χ0n) is 7.21. The Morgan fingerprint density at radius 3 is 2.83 bits per heavy atom. The lowest BCUT2D eigenvalue weighted by atomic mass is 10.1. The fourth-order valence-electron chi connectivity index (χ4n) is 1.11. The first-order valence-corrected chi connectivity index (χ1v) is 3.77. The van der Waals surface area contributed by atoms with E-state index in [1.54, 1.807) is 13.2 Å². The van der Waals surface area contributed by atoms with Gasteiger partial charge in [-0.3, -0.25) is 0 Å². The van der Waals surface area contributed by atoms with Gasteiger partial charge in [0.05, 0.1) is 6.61 Å². The molecule has 0 saturated heterocycles. The molecule has 0 unspecified atom stereocenters. The largest absolute Gasteiger partial charge is 0.399 e. The highest BCUT2D eigenvalue weighted by Gasteiger charge is 1.95. The smallest absolute Gasteiger partial charge is 0.0714 e. The number of rotatable bonds is 3. The van der Waals surface area contributed by atoms with Gasteiger partial charge in [-0.1, -0.05) is 12.7 Å². The number of methoxy groups -OCH3 is 1. The first kappa shape index (κ1) is 8.81. The quantitative estimate of drug-likeness (QED) is 0.692. The van der Waals surface area contributed by atoms with E-state index in [2.05, 4.69) is 6.58 Å². The van der Waals surface area contributed by atoms with Gasteiger partial charge in [0, 0.05) is 12.8 Å². The van der Waals surface area contributed by atoms with Crippen molar-refractivity contribution >= 4 is 11.8 Å². The fraction of sp³-hybridized carbons (Fsp3) is 0.200. The lowest BCUT2D eigenvalue weighted by Gasteiger charge is -2.03. The Bertz CT molecular complexity index is 281. The molecule has 0 radical (unpaired) electrons. The molecule has 2 nitrogen and oxygen atoms in total. The van der Waals surface area contributed by atoms with Gasteiger partial charge in [0.15, 0.2) is 0 Å². The summed E-state index contributed by atoms with van der Waals surface area (Å²) in [5.41, 5.74) is 8.52. The van der Waals surface area contributed by atoms with Crippen molar-refractivity contribution in [2.45, 2.75) is 6.61 Å². The molecule has 0 bridgehead atoms. The van der Waals surface area contributed by atoms with Crippen molar-refractivity contribution in [1.29, 1.82) is 0 Å². The van der Waals surface area contributed by atoms with Gasteiger partial charge in [-0.05, 0) is 29.3 Å². The molecule has 0 fully saturated rings. The van der Waals surface area contributed by atoms with Crippen LogP contribution in [0.1, 0.15) is 11.1 Å². The van der Waals surface area contributed by atoms with Crippen molar-refractivity contribution in [1.82, 2.24) is 0 Å². The summed E-state index contributed by atoms with van der Waals surface area (Å²) in [5, 5.41) is 0. The molecular weight excluding hydrogens is 150 g/mol. The Morgan fingerprint density at radius 2 is 2.25 bits per heavy atom. The Labute approximate surface area is 72.7 Å². The van der Waals surface area contributed by atoms with E-state index in [4.69, 9.17) is 10.5 Å². The molecule has 1 aromatic carbocycles.